The van der Waals surface area contributed by atoms with Crippen LogP contribution in [0.15, 0.2) is 84.4 Å². The van der Waals surface area contributed by atoms with Gasteiger partial charge in [-0.25, -0.2) is 0 Å². The number of benzene rings is 2. The molecule has 2 aromatic rings. The van der Waals surface area contributed by atoms with Crippen LogP contribution in [0, 0.1) is 0 Å². The van der Waals surface area contributed by atoms with Crippen LogP contribution < -0.4 is 10.6 Å². The van der Waals surface area contributed by atoms with E-state index in [2.05, 4.69) is 10.6 Å². The molecule has 2 N–H and O–H groups in total. The SMILES string of the molecule is O=C(NCc1ccc(Cl)cc1)C1=C2C=CC=CN2C(c2cccc(Cl)c2)N1. The fraction of sp³-hybridized carbons (Fsp3) is 0.0952. The first-order chi connectivity index (χ1) is 13.1. The van der Waals surface area contributed by atoms with Crippen LogP contribution in [0.1, 0.15) is 17.3 Å². The van der Waals surface area contributed by atoms with Gasteiger partial charge in [-0.2, -0.15) is 0 Å². The third kappa shape index (κ3) is 3.72. The van der Waals surface area contributed by atoms with Crippen LogP contribution in [0.2, 0.25) is 10.0 Å². The lowest BCUT2D eigenvalue weighted by Crippen LogP contribution is -2.31. The number of halogens is 2. The molecule has 0 aliphatic carbocycles. The number of carbonyl (C=O) groups is 1. The summed E-state index contributed by atoms with van der Waals surface area (Å²) < 4.78 is 0. The number of hydrogen-bond acceptors (Lipinski definition) is 3. The molecule has 27 heavy (non-hydrogen) atoms. The highest BCUT2D eigenvalue weighted by atomic mass is 35.5. The number of allylic oxidation sites excluding steroid dienone is 3. The van der Waals surface area contributed by atoms with E-state index in [1.54, 1.807) is 0 Å². The summed E-state index contributed by atoms with van der Waals surface area (Å²) in [5.41, 5.74) is 3.34. The number of rotatable bonds is 4. The van der Waals surface area contributed by atoms with Gasteiger partial charge in [0.25, 0.3) is 5.91 Å². The van der Waals surface area contributed by atoms with Crippen molar-refractivity contribution in [1.82, 2.24) is 15.5 Å². The largest absolute Gasteiger partial charge is 0.355 e. The van der Waals surface area contributed by atoms with E-state index in [1.807, 2.05) is 77.9 Å². The number of amides is 1. The molecule has 136 valence electrons. The summed E-state index contributed by atoms with van der Waals surface area (Å²) in [6.07, 6.45) is 7.55. The van der Waals surface area contributed by atoms with Gasteiger partial charge in [-0.15, -0.1) is 0 Å². The molecule has 2 aromatic carbocycles. The van der Waals surface area contributed by atoms with E-state index in [4.69, 9.17) is 23.2 Å². The Labute approximate surface area is 167 Å². The standard InChI is InChI=1S/C21H17Cl2N3O/c22-16-9-7-14(8-10-16)13-24-21(27)19-18-6-1-2-11-26(18)20(25-19)15-4-3-5-17(23)12-15/h1-12,20,25H,13H2,(H,24,27). The van der Waals surface area contributed by atoms with Crippen LogP contribution in [0.3, 0.4) is 0 Å². The van der Waals surface area contributed by atoms with E-state index >= 15 is 0 Å². The van der Waals surface area contributed by atoms with Crippen molar-refractivity contribution in [2.75, 3.05) is 0 Å². The topological polar surface area (TPSA) is 44.4 Å². The summed E-state index contributed by atoms with van der Waals surface area (Å²) in [4.78, 5) is 14.8. The minimum absolute atomic E-state index is 0.158. The Morgan fingerprint density at radius 1 is 1.07 bits per heavy atom. The molecule has 1 atom stereocenters. The van der Waals surface area contributed by atoms with Gasteiger partial charge in [0.15, 0.2) is 0 Å². The lowest BCUT2D eigenvalue weighted by Gasteiger charge is -2.26. The summed E-state index contributed by atoms with van der Waals surface area (Å²) in [7, 11) is 0. The second kappa shape index (κ2) is 7.51. The van der Waals surface area contributed by atoms with Crippen molar-refractivity contribution in [3.63, 3.8) is 0 Å². The molecule has 0 aromatic heterocycles. The first-order valence-corrected chi connectivity index (χ1v) is 9.29. The Kier molecular flexibility index (Phi) is 4.92. The molecule has 0 fully saturated rings. The Morgan fingerprint density at radius 3 is 2.67 bits per heavy atom. The molecule has 2 aliphatic heterocycles. The van der Waals surface area contributed by atoms with Gasteiger partial charge in [0.05, 0.1) is 5.70 Å². The highest BCUT2D eigenvalue weighted by Crippen LogP contribution is 2.34. The Bertz CT molecular complexity index is 964. The van der Waals surface area contributed by atoms with Crippen molar-refractivity contribution in [3.8, 4) is 0 Å². The summed E-state index contributed by atoms with van der Waals surface area (Å²) in [6.45, 7) is 0.426. The van der Waals surface area contributed by atoms with Gasteiger partial charge in [-0.05, 0) is 47.5 Å². The van der Waals surface area contributed by atoms with E-state index in [0.717, 1.165) is 16.8 Å². The molecule has 4 rings (SSSR count). The zero-order chi connectivity index (χ0) is 18.8. The predicted octanol–water partition coefficient (Wildman–Crippen LogP) is 4.51. The molecule has 0 spiro atoms. The number of hydrogen-bond donors (Lipinski definition) is 2. The second-order valence-electron chi connectivity index (χ2n) is 6.28. The maximum absolute atomic E-state index is 12.8. The zero-order valence-corrected chi connectivity index (χ0v) is 15.8. The number of fused-ring (bicyclic) bond motifs is 1. The molecule has 1 unspecified atom stereocenters. The highest BCUT2D eigenvalue weighted by Gasteiger charge is 2.33. The zero-order valence-electron chi connectivity index (χ0n) is 14.3. The third-order valence-electron chi connectivity index (χ3n) is 4.46. The van der Waals surface area contributed by atoms with E-state index in [-0.39, 0.29) is 12.1 Å². The van der Waals surface area contributed by atoms with Crippen molar-refractivity contribution in [2.24, 2.45) is 0 Å². The maximum Gasteiger partial charge on any atom is 0.269 e. The molecule has 0 bridgehead atoms. The smallest absolute Gasteiger partial charge is 0.269 e. The molecule has 4 nitrogen and oxygen atoms in total. The van der Waals surface area contributed by atoms with Crippen molar-refractivity contribution >= 4 is 29.1 Å². The Hall–Kier alpha value is -2.69. The van der Waals surface area contributed by atoms with Crippen LogP contribution in [-0.2, 0) is 11.3 Å². The lowest BCUT2D eigenvalue weighted by molar-refractivity contribution is -0.118. The second-order valence-corrected chi connectivity index (χ2v) is 7.15. The van der Waals surface area contributed by atoms with Gasteiger partial charge in [0, 0.05) is 22.8 Å². The van der Waals surface area contributed by atoms with Crippen molar-refractivity contribution in [3.05, 3.63) is 106 Å². The average molecular weight is 398 g/mol. The Balaban J connectivity index is 1.54. The fourth-order valence-electron chi connectivity index (χ4n) is 3.15. The van der Waals surface area contributed by atoms with Gasteiger partial charge < -0.3 is 15.5 Å². The summed E-state index contributed by atoms with van der Waals surface area (Å²) in [5, 5.41) is 7.63. The van der Waals surface area contributed by atoms with E-state index in [1.165, 1.54) is 0 Å². The van der Waals surface area contributed by atoms with Crippen molar-refractivity contribution < 1.29 is 4.79 Å². The van der Waals surface area contributed by atoms with Gasteiger partial charge in [-0.1, -0.05) is 53.5 Å². The number of carbonyl (C=O) groups excluding carboxylic acids is 1. The number of nitrogens with one attached hydrogen (secondary N) is 2. The minimum Gasteiger partial charge on any atom is -0.355 e. The van der Waals surface area contributed by atoms with E-state index in [9.17, 15) is 4.79 Å². The van der Waals surface area contributed by atoms with Gasteiger partial charge in [0.1, 0.15) is 11.9 Å². The quantitative estimate of drug-likeness (QED) is 0.797. The van der Waals surface area contributed by atoms with Crippen LogP contribution in [-0.4, -0.2) is 10.8 Å². The Morgan fingerprint density at radius 2 is 1.89 bits per heavy atom. The number of nitrogens with zero attached hydrogens (tertiary/aromatic N) is 1. The first-order valence-electron chi connectivity index (χ1n) is 8.54. The molecule has 6 heteroatoms. The van der Waals surface area contributed by atoms with Crippen LogP contribution in [0.4, 0.5) is 0 Å². The predicted molar refractivity (Wildman–Crippen MR) is 108 cm³/mol. The van der Waals surface area contributed by atoms with Crippen molar-refractivity contribution in [1.29, 1.82) is 0 Å². The van der Waals surface area contributed by atoms with E-state index < -0.39 is 0 Å². The maximum atomic E-state index is 12.8. The molecule has 2 aliphatic rings. The van der Waals surface area contributed by atoms with Crippen LogP contribution in [0.25, 0.3) is 0 Å². The molecule has 0 radical (unpaired) electrons. The monoisotopic (exact) mass is 397 g/mol. The molecule has 0 saturated heterocycles. The lowest BCUT2D eigenvalue weighted by atomic mass is 10.1. The molecular weight excluding hydrogens is 381 g/mol. The molecule has 2 heterocycles. The highest BCUT2D eigenvalue weighted by molar-refractivity contribution is 6.30. The molecule has 0 saturated carbocycles. The van der Waals surface area contributed by atoms with Gasteiger partial charge in [0.2, 0.25) is 0 Å². The first kappa shape index (κ1) is 17.7. The molecular formula is C21H17Cl2N3O. The summed E-state index contributed by atoms with van der Waals surface area (Å²) in [6, 6.07) is 15.0. The average Bonchev–Trinajstić information content (AvgIpc) is 3.07. The summed E-state index contributed by atoms with van der Waals surface area (Å²) in [5.74, 6) is -0.158. The fourth-order valence-corrected chi connectivity index (χ4v) is 3.47. The van der Waals surface area contributed by atoms with Crippen LogP contribution in [0.5, 0.6) is 0 Å². The van der Waals surface area contributed by atoms with Crippen molar-refractivity contribution in [2.45, 2.75) is 12.7 Å². The van der Waals surface area contributed by atoms with Gasteiger partial charge >= 0.3 is 0 Å². The van der Waals surface area contributed by atoms with Gasteiger partial charge in [-0.3, -0.25) is 4.79 Å². The minimum atomic E-state index is -0.184. The van der Waals surface area contributed by atoms with Crippen LogP contribution >= 0.6 is 23.2 Å². The summed E-state index contributed by atoms with van der Waals surface area (Å²) >= 11 is 12.1. The third-order valence-corrected chi connectivity index (χ3v) is 4.95. The van der Waals surface area contributed by atoms with E-state index in [0.29, 0.717) is 22.3 Å². The molecule has 1 amide bonds. The normalized spacial score (nSPS) is 17.7.